The highest BCUT2D eigenvalue weighted by molar-refractivity contribution is 6.29. The second kappa shape index (κ2) is 5.33. The van der Waals surface area contributed by atoms with E-state index in [0.717, 1.165) is 18.8 Å². The van der Waals surface area contributed by atoms with E-state index >= 15 is 0 Å². The molecule has 0 bridgehead atoms. The molecule has 0 saturated carbocycles. The zero-order valence-electron chi connectivity index (χ0n) is 8.75. The van der Waals surface area contributed by atoms with Crippen LogP contribution in [0.15, 0.2) is 18.3 Å². The summed E-state index contributed by atoms with van der Waals surface area (Å²) in [5.74, 6) is 0. The molecule has 0 radical (unpaired) electrons. The van der Waals surface area contributed by atoms with Gasteiger partial charge in [0.05, 0.1) is 0 Å². The molecule has 2 heterocycles. The van der Waals surface area contributed by atoms with E-state index in [9.17, 15) is 0 Å². The van der Waals surface area contributed by atoms with Gasteiger partial charge in [-0.3, -0.25) is 0 Å². The number of likely N-dealkylation sites (tertiary alicyclic amines) is 1. The number of halogens is 1. The van der Waals surface area contributed by atoms with E-state index in [2.05, 4.69) is 15.2 Å². The Morgan fingerprint density at radius 3 is 2.93 bits per heavy atom. The fourth-order valence-electron chi connectivity index (χ4n) is 1.88. The molecular weight excluding hydrogens is 210 g/mol. The minimum atomic E-state index is 0.543. The highest BCUT2D eigenvalue weighted by atomic mass is 35.5. The normalized spacial score (nSPS) is 16.9. The molecule has 0 spiro atoms. The Morgan fingerprint density at radius 1 is 1.40 bits per heavy atom. The van der Waals surface area contributed by atoms with Crippen molar-refractivity contribution in [2.45, 2.75) is 12.8 Å². The van der Waals surface area contributed by atoms with Gasteiger partial charge in [-0.2, -0.15) is 0 Å². The van der Waals surface area contributed by atoms with E-state index in [0.29, 0.717) is 5.15 Å². The summed E-state index contributed by atoms with van der Waals surface area (Å²) in [5, 5.41) is 3.89. The number of hydrogen-bond donors (Lipinski definition) is 1. The van der Waals surface area contributed by atoms with Crippen LogP contribution in [0.2, 0.25) is 5.15 Å². The summed E-state index contributed by atoms with van der Waals surface area (Å²) in [5.41, 5.74) is 1.05. The standard InChI is InChI=1S/C11H16ClN3/c12-11-9-10(3-4-14-11)13-5-8-15-6-1-2-7-15/h3-4,9H,1-2,5-8H2,(H,13,14). The Bertz CT molecular complexity index is 310. The van der Waals surface area contributed by atoms with Crippen molar-refractivity contribution in [3.05, 3.63) is 23.5 Å². The van der Waals surface area contributed by atoms with Crippen LogP contribution in [0.4, 0.5) is 5.69 Å². The van der Waals surface area contributed by atoms with Crippen LogP contribution >= 0.6 is 11.6 Å². The molecule has 4 heteroatoms. The van der Waals surface area contributed by atoms with Crippen LogP contribution in [0.3, 0.4) is 0 Å². The van der Waals surface area contributed by atoms with Gasteiger partial charge >= 0.3 is 0 Å². The predicted octanol–water partition coefficient (Wildman–Crippen LogP) is 2.24. The van der Waals surface area contributed by atoms with Gasteiger partial charge in [0.15, 0.2) is 0 Å². The molecule has 0 aromatic carbocycles. The first-order chi connectivity index (χ1) is 7.34. The molecule has 1 aromatic heterocycles. The molecular formula is C11H16ClN3. The number of nitrogens with zero attached hydrogens (tertiary/aromatic N) is 2. The first-order valence-electron chi connectivity index (χ1n) is 5.42. The Hall–Kier alpha value is -0.800. The van der Waals surface area contributed by atoms with Crippen LogP contribution in [0, 0.1) is 0 Å². The smallest absolute Gasteiger partial charge is 0.131 e. The summed E-state index contributed by atoms with van der Waals surface area (Å²) in [6.45, 7) is 4.58. The average Bonchev–Trinajstić information content (AvgIpc) is 2.71. The molecule has 1 saturated heterocycles. The summed E-state index contributed by atoms with van der Waals surface area (Å²) >= 11 is 5.79. The number of pyridine rings is 1. The lowest BCUT2D eigenvalue weighted by Gasteiger charge is -2.15. The van der Waals surface area contributed by atoms with Crippen molar-refractivity contribution in [3.63, 3.8) is 0 Å². The Kier molecular flexibility index (Phi) is 3.80. The maximum absolute atomic E-state index is 5.79. The van der Waals surface area contributed by atoms with E-state index in [1.807, 2.05) is 12.1 Å². The van der Waals surface area contributed by atoms with Crippen molar-refractivity contribution in [1.82, 2.24) is 9.88 Å². The first-order valence-corrected chi connectivity index (χ1v) is 5.80. The average molecular weight is 226 g/mol. The van der Waals surface area contributed by atoms with E-state index in [1.54, 1.807) is 6.20 Å². The van der Waals surface area contributed by atoms with Crippen LogP contribution in [-0.2, 0) is 0 Å². The van der Waals surface area contributed by atoms with Crippen LogP contribution in [0.5, 0.6) is 0 Å². The number of anilines is 1. The second-order valence-corrected chi connectivity index (χ2v) is 4.23. The molecule has 0 unspecified atom stereocenters. The molecule has 1 aliphatic rings. The monoisotopic (exact) mass is 225 g/mol. The fraction of sp³-hybridized carbons (Fsp3) is 0.545. The number of hydrogen-bond acceptors (Lipinski definition) is 3. The third kappa shape index (κ3) is 3.36. The van der Waals surface area contributed by atoms with Gasteiger partial charge in [0.25, 0.3) is 0 Å². The number of nitrogens with one attached hydrogen (secondary N) is 1. The lowest BCUT2D eigenvalue weighted by Crippen LogP contribution is -2.25. The third-order valence-corrected chi connectivity index (χ3v) is 2.89. The predicted molar refractivity (Wildman–Crippen MR) is 63.4 cm³/mol. The van der Waals surface area contributed by atoms with Crippen molar-refractivity contribution in [1.29, 1.82) is 0 Å². The maximum Gasteiger partial charge on any atom is 0.131 e. The number of rotatable bonds is 4. The van der Waals surface area contributed by atoms with Crippen LogP contribution in [0.1, 0.15) is 12.8 Å². The molecule has 0 atom stereocenters. The number of aromatic nitrogens is 1. The molecule has 3 nitrogen and oxygen atoms in total. The minimum absolute atomic E-state index is 0.543. The topological polar surface area (TPSA) is 28.2 Å². The molecule has 0 aliphatic carbocycles. The van der Waals surface area contributed by atoms with Gasteiger partial charge in [0.2, 0.25) is 0 Å². The van der Waals surface area contributed by atoms with Crippen molar-refractivity contribution in [2.24, 2.45) is 0 Å². The molecule has 0 amide bonds. The largest absolute Gasteiger partial charge is 0.384 e. The fourth-order valence-corrected chi connectivity index (χ4v) is 2.05. The van der Waals surface area contributed by atoms with E-state index in [1.165, 1.54) is 25.9 Å². The van der Waals surface area contributed by atoms with Gasteiger partial charge in [0.1, 0.15) is 5.15 Å². The summed E-state index contributed by atoms with van der Waals surface area (Å²) in [4.78, 5) is 6.42. The Labute approximate surface area is 95.4 Å². The lowest BCUT2D eigenvalue weighted by atomic mass is 10.4. The quantitative estimate of drug-likeness (QED) is 0.797. The van der Waals surface area contributed by atoms with E-state index in [4.69, 9.17) is 11.6 Å². The van der Waals surface area contributed by atoms with Gasteiger partial charge in [-0.05, 0) is 38.1 Å². The Morgan fingerprint density at radius 2 is 2.20 bits per heavy atom. The second-order valence-electron chi connectivity index (χ2n) is 3.84. The van der Waals surface area contributed by atoms with Gasteiger partial charge in [-0.25, -0.2) is 4.98 Å². The van der Waals surface area contributed by atoms with Crippen LogP contribution in [0.25, 0.3) is 0 Å². The SMILES string of the molecule is Clc1cc(NCCN2CCCC2)ccn1. The van der Waals surface area contributed by atoms with E-state index in [-0.39, 0.29) is 0 Å². The highest BCUT2D eigenvalue weighted by Crippen LogP contribution is 2.12. The van der Waals surface area contributed by atoms with Gasteiger partial charge in [-0.1, -0.05) is 11.6 Å². The maximum atomic E-state index is 5.79. The van der Waals surface area contributed by atoms with Crippen molar-refractivity contribution in [2.75, 3.05) is 31.5 Å². The van der Waals surface area contributed by atoms with Crippen molar-refractivity contribution >= 4 is 17.3 Å². The first kappa shape index (κ1) is 10.7. The summed E-state index contributed by atoms with van der Waals surface area (Å²) < 4.78 is 0. The molecule has 15 heavy (non-hydrogen) atoms. The van der Waals surface area contributed by atoms with E-state index < -0.39 is 0 Å². The van der Waals surface area contributed by atoms with Crippen molar-refractivity contribution in [3.8, 4) is 0 Å². The molecule has 1 fully saturated rings. The minimum Gasteiger partial charge on any atom is -0.384 e. The van der Waals surface area contributed by atoms with Gasteiger partial charge < -0.3 is 10.2 Å². The van der Waals surface area contributed by atoms with Crippen molar-refractivity contribution < 1.29 is 0 Å². The molecule has 1 aliphatic heterocycles. The molecule has 2 rings (SSSR count). The van der Waals surface area contributed by atoms with Crippen LogP contribution < -0.4 is 5.32 Å². The summed E-state index contributed by atoms with van der Waals surface area (Å²) in [7, 11) is 0. The summed E-state index contributed by atoms with van der Waals surface area (Å²) in [6, 6.07) is 3.79. The lowest BCUT2D eigenvalue weighted by molar-refractivity contribution is 0.352. The molecule has 82 valence electrons. The molecule has 1 aromatic rings. The van der Waals surface area contributed by atoms with Crippen LogP contribution in [-0.4, -0.2) is 36.1 Å². The third-order valence-electron chi connectivity index (χ3n) is 2.68. The van der Waals surface area contributed by atoms with Gasteiger partial charge in [-0.15, -0.1) is 0 Å². The summed E-state index contributed by atoms with van der Waals surface area (Å²) in [6.07, 6.45) is 4.42. The Balaban J connectivity index is 1.73. The van der Waals surface area contributed by atoms with Gasteiger partial charge in [0, 0.05) is 25.0 Å². The zero-order chi connectivity index (χ0) is 10.5. The highest BCUT2D eigenvalue weighted by Gasteiger charge is 2.09. The zero-order valence-corrected chi connectivity index (χ0v) is 9.50. The molecule has 1 N–H and O–H groups in total.